The molecule has 0 heterocycles. The zero-order valence-corrected chi connectivity index (χ0v) is 14.9. The van der Waals surface area contributed by atoms with Crippen molar-refractivity contribution < 1.29 is 27.5 Å². The number of carbonyl (C=O) groups excluding carboxylic acids is 2. The van der Waals surface area contributed by atoms with E-state index in [0.717, 1.165) is 11.6 Å². The number of hydrogen-bond acceptors (Lipinski definition) is 3. The molecule has 0 saturated heterocycles. The van der Waals surface area contributed by atoms with Crippen LogP contribution in [0.2, 0.25) is 0 Å². The van der Waals surface area contributed by atoms with Crippen molar-refractivity contribution in [3.05, 3.63) is 59.4 Å². The number of rotatable bonds is 7. The predicted octanol–water partition coefficient (Wildman–Crippen LogP) is 3.14. The third-order valence-electron chi connectivity index (χ3n) is 3.90. The van der Waals surface area contributed by atoms with E-state index in [1.807, 2.05) is 12.1 Å². The second-order valence-corrected chi connectivity index (χ2v) is 5.87. The summed E-state index contributed by atoms with van der Waals surface area (Å²) in [6.45, 7) is -0.347. The fourth-order valence-electron chi connectivity index (χ4n) is 2.35. The van der Waals surface area contributed by atoms with Gasteiger partial charge in [0.05, 0.1) is 19.3 Å². The molecule has 144 valence electrons. The average Bonchev–Trinajstić information content (AvgIpc) is 2.66. The molecule has 2 aromatic rings. The van der Waals surface area contributed by atoms with Gasteiger partial charge in [-0.25, -0.2) is 13.2 Å². The van der Waals surface area contributed by atoms with Crippen LogP contribution in [0.25, 0.3) is 0 Å². The summed E-state index contributed by atoms with van der Waals surface area (Å²) in [7, 11) is 2.99. The number of ether oxygens (including phenoxy) is 1. The summed E-state index contributed by atoms with van der Waals surface area (Å²) in [6, 6.07) is 8.87. The number of benzene rings is 2. The Morgan fingerprint density at radius 2 is 1.70 bits per heavy atom. The van der Waals surface area contributed by atoms with E-state index < -0.39 is 29.0 Å². The maximum atomic E-state index is 13.6. The first-order valence-corrected chi connectivity index (χ1v) is 8.12. The molecule has 0 spiro atoms. The van der Waals surface area contributed by atoms with Crippen LogP contribution < -0.4 is 10.1 Å². The largest absolute Gasteiger partial charge is 0.497 e. The minimum atomic E-state index is -1.67. The Morgan fingerprint density at radius 1 is 1.04 bits per heavy atom. The van der Waals surface area contributed by atoms with Gasteiger partial charge in [0, 0.05) is 13.5 Å². The molecule has 0 fully saturated rings. The Hall–Kier alpha value is -3.03. The van der Waals surface area contributed by atoms with Crippen LogP contribution in [0.4, 0.5) is 18.9 Å². The average molecular weight is 380 g/mol. The van der Waals surface area contributed by atoms with E-state index in [1.165, 1.54) is 11.9 Å². The second-order valence-electron chi connectivity index (χ2n) is 5.87. The fraction of sp³-hybridized carbons (Fsp3) is 0.263. The highest BCUT2D eigenvalue weighted by Gasteiger charge is 2.17. The minimum absolute atomic E-state index is 0.176. The van der Waals surface area contributed by atoms with Gasteiger partial charge in [0.2, 0.25) is 11.8 Å². The van der Waals surface area contributed by atoms with Gasteiger partial charge < -0.3 is 15.0 Å². The predicted molar refractivity (Wildman–Crippen MR) is 93.9 cm³/mol. The normalized spacial score (nSPS) is 10.4. The lowest BCUT2D eigenvalue weighted by atomic mass is 10.1. The van der Waals surface area contributed by atoms with Crippen LogP contribution in [0, 0.1) is 17.5 Å². The summed E-state index contributed by atoms with van der Waals surface area (Å²) >= 11 is 0. The van der Waals surface area contributed by atoms with Gasteiger partial charge in [0.1, 0.15) is 5.75 Å². The molecule has 27 heavy (non-hydrogen) atoms. The second kappa shape index (κ2) is 9.07. The molecule has 0 aliphatic heterocycles. The number of nitrogens with one attached hydrogen (secondary N) is 1. The van der Waals surface area contributed by atoms with Gasteiger partial charge in [-0.3, -0.25) is 9.59 Å². The zero-order valence-electron chi connectivity index (χ0n) is 14.9. The van der Waals surface area contributed by atoms with Gasteiger partial charge in [-0.05, 0) is 36.2 Å². The van der Waals surface area contributed by atoms with Gasteiger partial charge in [0.15, 0.2) is 17.5 Å². The number of anilines is 1. The highest BCUT2D eigenvalue weighted by atomic mass is 19.2. The molecule has 1 N–H and O–H groups in total. The summed E-state index contributed by atoms with van der Waals surface area (Å²) in [5.74, 6) is -4.81. The quantitative estimate of drug-likeness (QED) is 0.751. The number of aryl methyl sites for hydroxylation is 1. The molecular weight excluding hydrogens is 361 g/mol. The lowest BCUT2D eigenvalue weighted by molar-refractivity contribution is -0.133. The molecule has 0 radical (unpaired) electrons. The molecule has 0 saturated carbocycles. The van der Waals surface area contributed by atoms with Crippen molar-refractivity contribution in [2.75, 3.05) is 26.0 Å². The molecule has 2 rings (SSSR count). The minimum Gasteiger partial charge on any atom is -0.497 e. The first kappa shape index (κ1) is 20.3. The molecular formula is C19H19F3N2O3. The summed E-state index contributed by atoms with van der Waals surface area (Å²) < 4.78 is 44.7. The number of nitrogens with zero attached hydrogens (tertiary/aromatic N) is 1. The number of amides is 2. The summed E-state index contributed by atoms with van der Waals surface area (Å²) in [6.07, 6.45) is 0.655. The van der Waals surface area contributed by atoms with E-state index in [9.17, 15) is 22.8 Å². The van der Waals surface area contributed by atoms with Gasteiger partial charge in [0.25, 0.3) is 0 Å². The molecule has 0 aliphatic carbocycles. The Balaban J connectivity index is 1.86. The number of hydrogen-bond donors (Lipinski definition) is 1. The van der Waals surface area contributed by atoms with E-state index in [-0.39, 0.29) is 18.9 Å². The van der Waals surface area contributed by atoms with E-state index in [1.54, 1.807) is 19.2 Å². The van der Waals surface area contributed by atoms with Crippen molar-refractivity contribution in [1.82, 2.24) is 4.90 Å². The molecule has 0 bridgehead atoms. The van der Waals surface area contributed by atoms with Crippen LogP contribution in [-0.4, -0.2) is 37.4 Å². The van der Waals surface area contributed by atoms with E-state index in [4.69, 9.17) is 4.74 Å². The van der Waals surface area contributed by atoms with Crippen LogP contribution in [0.5, 0.6) is 5.75 Å². The van der Waals surface area contributed by atoms with E-state index in [2.05, 4.69) is 5.32 Å². The SMILES string of the molecule is COc1ccc(CCC(=O)N(C)CC(=O)Nc2ccc(F)c(F)c2F)cc1. The number of halogens is 3. The highest BCUT2D eigenvalue weighted by molar-refractivity contribution is 5.94. The van der Waals surface area contributed by atoms with Crippen LogP contribution >= 0.6 is 0 Å². The lowest BCUT2D eigenvalue weighted by Gasteiger charge is -2.17. The number of methoxy groups -OCH3 is 1. The highest BCUT2D eigenvalue weighted by Crippen LogP contribution is 2.19. The van der Waals surface area contributed by atoms with Crippen molar-refractivity contribution in [1.29, 1.82) is 0 Å². The van der Waals surface area contributed by atoms with Crippen LogP contribution in [0.3, 0.4) is 0 Å². The Labute approximate surface area is 154 Å². The van der Waals surface area contributed by atoms with Crippen LogP contribution in [-0.2, 0) is 16.0 Å². The maximum Gasteiger partial charge on any atom is 0.244 e. The topological polar surface area (TPSA) is 58.6 Å². The van der Waals surface area contributed by atoms with E-state index >= 15 is 0 Å². The standard InChI is InChI=1S/C19H19F3N2O3/c1-24(17(26)10-5-12-3-6-13(27-2)7-4-12)11-16(25)23-15-9-8-14(20)18(21)19(15)22/h3-4,6-9H,5,10-11H2,1-2H3,(H,23,25). The first-order chi connectivity index (χ1) is 12.8. The molecule has 2 amide bonds. The van der Waals surface area contributed by atoms with Gasteiger partial charge in [-0.15, -0.1) is 0 Å². The third-order valence-corrected chi connectivity index (χ3v) is 3.90. The van der Waals surface area contributed by atoms with Crippen molar-refractivity contribution in [3.63, 3.8) is 0 Å². The van der Waals surface area contributed by atoms with Crippen LogP contribution in [0.15, 0.2) is 36.4 Å². The van der Waals surface area contributed by atoms with Crippen molar-refractivity contribution >= 4 is 17.5 Å². The molecule has 0 atom stereocenters. The fourth-order valence-corrected chi connectivity index (χ4v) is 2.35. The summed E-state index contributed by atoms with van der Waals surface area (Å²) in [5, 5.41) is 2.12. The van der Waals surface area contributed by atoms with Gasteiger partial charge in [-0.2, -0.15) is 0 Å². The summed E-state index contributed by atoms with van der Waals surface area (Å²) in [5.41, 5.74) is 0.448. The van der Waals surface area contributed by atoms with Crippen LogP contribution in [0.1, 0.15) is 12.0 Å². The smallest absolute Gasteiger partial charge is 0.244 e. The first-order valence-electron chi connectivity index (χ1n) is 8.12. The molecule has 5 nitrogen and oxygen atoms in total. The summed E-state index contributed by atoms with van der Waals surface area (Å²) in [4.78, 5) is 25.2. The molecule has 0 unspecified atom stereocenters. The van der Waals surface area contributed by atoms with Crippen molar-refractivity contribution in [2.24, 2.45) is 0 Å². The third kappa shape index (κ3) is 5.47. The Bertz CT molecular complexity index is 826. The number of likely N-dealkylation sites (N-methyl/N-ethyl adjacent to an activating group) is 1. The Kier molecular flexibility index (Phi) is 6.81. The Morgan fingerprint density at radius 3 is 2.33 bits per heavy atom. The number of carbonyl (C=O) groups is 2. The van der Waals surface area contributed by atoms with Gasteiger partial charge >= 0.3 is 0 Å². The molecule has 0 aromatic heterocycles. The zero-order chi connectivity index (χ0) is 20.0. The maximum absolute atomic E-state index is 13.6. The molecule has 8 heteroatoms. The van der Waals surface area contributed by atoms with Gasteiger partial charge in [-0.1, -0.05) is 12.1 Å². The molecule has 0 aliphatic rings. The van der Waals surface area contributed by atoms with E-state index in [0.29, 0.717) is 18.2 Å². The molecule has 2 aromatic carbocycles. The monoisotopic (exact) mass is 380 g/mol. The van der Waals surface area contributed by atoms with Crippen molar-refractivity contribution in [3.8, 4) is 5.75 Å². The lowest BCUT2D eigenvalue weighted by Crippen LogP contribution is -2.35. The van der Waals surface area contributed by atoms with Crippen molar-refractivity contribution in [2.45, 2.75) is 12.8 Å².